The van der Waals surface area contributed by atoms with Crippen LogP contribution in [-0.4, -0.2) is 88.4 Å². The van der Waals surface area contributed by atoms with Gasteiger partial charge in [-0.2, -0.15) is 3.89 Å². The predicted octanol–water partition coefficient (Wildman–Crippen LogP) is 10.7. The Balaban J connectivity index is 0.000000184. The molecule has 0 amide bonds. The van der Waals surface area contributed by atoms with Crippen LogP contribution in [0.15, 0.2) is 60.5 Å². The fraction of sp³-hybridized carbons (Fsp3) is 0.480. The fourth-order valence-electron chi connectivity index (χ4n) is 7.62. The standard InChI is InChI=1S/C16H16ClN5O.C16H17ClN2O2.C13H11ClN2O2.C3H5.CH3FS.CH4.BrH.Mg/c1-16(21-22-18,9-2-3-9)13-8-20-15(23-10-4-5-10)12-7-19-14(17)6-11(12)13;1-16(20,9-2-3-9)13-8-19-15(21-10-4-5-10)12-7-18-14(17)6-11(12)13;1-7(17)10-5-16-13(18-8-2-3-8)11-6-15-12(14)4-9(10)11;1-2-3-1;1-3-2;;;/h6-10H,2-5H2,1H3;6-10,20H,2-5H2,1H3;4-6,8H,2-3H2,1H3;1H,2-3H2;1H3;1H4;1H;/q;;;-1;;;;+2/p-1. The number of ether oxygens (including phenoxy) is 3. The topological polar surface area (TPSA) is 191 Å². The Morgan fingerprint density at radius 3 is 1.42 bits per heavy atom. The monoisotopic (exact) mass is 1120 g/mol. The molecule has 6 aromatic rings. The number of azide groups is 1. The fourth-order valence-corrected chi connectivity index (χ4v) is 8.09. The normalized spacial score (nSPS) is 17.8. The number of aromatic nitrogens is 6. The van der Waals surface area contributed by atoms with E-state index >= 15 is 0 Å². The summed E-state index contributed by atoms with van der Waals surface area (Å²) in [6.07, 6.45) is 27.7. The number of carbonyl (C=O) groups excluding carboxylic acids is 1. The number of Topliss-reactive ketones (excluding diaryl/α,β-unsaturated/α-hetero) is 1. The number of rotatable bonds is 12. The summed E-state index contributed by atoms with van der Waals surface area (Å²) in [4.78, 5) is 40.1. The van der Waals surface area contributed by atoms with Gasteiger partial charge in [0.1, 0.15) is 33.8 Å². The largest absolute Gasteiger partial charge is 2.00 e. The maximum atomic E-state index is 11.6. The number of pyridine rings is 6. The molecule has 21 heteroatoms. The number of hydrogen-bond donors (Lipinski definition) is 1. The molecule has 0 spiro atoms. The van der Waals surface area contributed by atoms with Crippen molar-refractivity contribution in [1.82, 2.24) is 29.9 Å². The zero-order chi connectivity index (χ0) is 48.2. The van der Waals surface area contributed by atoms with Crippen molar-refractivity contribution < 1.29 is 45.0 Å². The molecule has 12 rings (SSSR count). The minimum Gasteiger partial charge on any atom is -1.00 e. The van der Waals surface area contributed by atoms with E-state index in [9.17, 15) is 13.8 Å². The zero-order valence-corrected chi connectivity index (χ0v) is 45.3. The second-order valence-corrected chi connectivity index (χ2v) is 19.6. The summed E-state index contributed by atoms with van der Waals surface area (Å²) in [6.45, 7) is 5.33. The Labute approximate surface area is 459 Å². The van der Waals surface area contributed by atoms with Crippen molar-refractivity contribution >= 4 is 108 Å². The quantitative estimate of drug-likeness (QED) is 0.0232. The van der Waals surface area contributed by atoms with Crippen LogP contribution in [0.1, 0.15) is 127 Å². The summed E-state index contributed by atoms with van der Waals surface area (Å²) in [5, 5.41) is 21.0. The molecular weight excluding hydrogens is 1070 g/mol. The molecule has 6 heterocycles. The molecule has 0 aliphatic heterocycles. The summed E-state index contributed by atoms with van der Waals surface area (Å²) in [5.74, 6) is 2.28. The number of ketones is 1. The molecule has 71 heavy (non-hydrogen) atoms. The molecular formula is C50H56BrCl3FMgN9O5S. The molecule has 2 unspecified atom stereocenters. The van der Waals surface area contributed by atoms with Crippen LogP contribution in [0.3, 0.4) is 0 Å². The van der Waals surface area contributed by atoms with Crippen LogP contribution in [0.4, 0.5) is 3.89 Å². The number of halogens is 5. The average molecular weight is 1120 g/mol. The van der Waals surface area contributed by atoms with Gasteiger partial charge in [0, 0.05) is 77.0 Å². The number of fused-ring (bicyclic) bond motifs is 3. The molecule has 374 valence electrons. The zero-order valence-electron chi connectivity index (χ0n) is 39.3. The van der Waals surface area contributed by atoms with Gasteiger partial charge in [-0.05, 0) is 137 Å². The van der Waals surface area contributed by atoms with E-state index in [2.05, 4.69) is 46.4 Å². The first kappa shape index (κ1) is 58.3. The van der Waals surface area contributed by atoms with E-state index in [1.54, 1.807) is 55.4 Å². The van der Waals surface area contributed by atoms with Crippen LogP contribution in [0.25, 0.3) is 42.8 Å². The summed E-state index contributed by atoms with van der Waals surface area (Å²) in [6, 6.07) is 5.28. The molecule has 6 aromatic heterocycles. The van der Waals surface area contributed by atoms with Crippen molar-refractivity contribution in [2.45, 2.75) is 135 Å². The van der Waals surface area contributed by atoms with Gasteiger partial charge in [0.15, 0.2) is 5.78 Å². The molecule has 6 saturated carbocycles. The summed E-state index contributed by atoms with van der Waals surface area (Å²) >= 11 is 18.3. The van der Waals surface area contributed by atoms with Crippen LogP contribution in [0.2, 0.25) is 15.5 Å². The molecule has 6 fully saturated rings. The second kappa shape index (κ2) is 25.6. The Bertz CT molecular complexity index is 2870. The first-order valence-electron chi connectivity index (χ1n) is 22.8. The van der Waals surface area contributed by atoms with Crippen molar-refractivity contribution in [2.75, 3.05) is 6.26 Å². The first-order valence-corrected chi connectivity index (χ1v) is 25.1. The van der Waals surface area contributed by atoms with Gasteiger partial charge < -0.3 is 42.7 Å². The van der Waals surface area contributed by atoms with Crippen LogP contribution in [0, 0.1) is 18.3 Å². The van der Waals surface area contributed by atoms with Gasteiger partial charge in [-0.15, -0.1) is 0 Å². The number of nitrogens with zero attached hydrogens (tertiary/aromatic N) is 9. The van der Waals surface area contributed by atoms with Gasteiger partial charge in [0.05, 0.1) is 27.3 Å². The molecule has 6 aliphatic carbocycles. The third-order valence-electron chi connectivity index (χ3n) is 12.3. The second-order valence-electron chi connectivity index (χ2n) is 18.2. The van der Waals surface area contributed by atoms with Crippen molar-refractivity contribution in [2.24, 2.45) is 17.0 Å². The SMILES string of the molecule is C.CC(=O)c1cnc(OC2CC2)c2cnc(Cl)cc12.CC(N=[N+]=[N-])(c1cnc(OC2CC2)c2cnc(Cl)cc12)C1CC1.CC(O)(c1cnc(OC2CC2)c2cnc(Cl)cc12)C1CC1.CSF.[Br-].[CH-]1CC1.[Mg+2]. The Morgan fingerprint density at radius 1 is 0.690 bits per heavy atom. The summed E-state index contributed by atoms with van der Waals surface area (Å²) in [7, 11) is 0. The van der Waals surface area contributed by atoms with Gasteiger partial charge in [0.2, 0.25) is 17.6 Å². The van der Waals surface area contributed by atoms with E-state index in [1.165, 1.54) is 26.0 Å². The first-order chi connectivity index (χ1) is 32.7. The maximum Gasteiger partial charge on any atom is 2.00 e. The molecule has 0 bridgehead atoms. The van der Waals surface area contributed by atoms with Gasteiger partial charge in [-0.3, -0.25) is 4.79 Å². The minimum atomic E-state index is -0.881. The van der Waals surface area contributed by atoms with E-state index in [-0.39, 0.29) is 83.7 Å². The van der Waals surface area contributed by atoms with Crippen molar-refractivity contribution in [3.63, 3.8) is 0 Å². The molecule has 1 N–H and O–H groups in total. The number of carbonyl (C=O) groups is 1. The predicted molar refractivity (Wildman–Crippen MR) is 277 cm³/mol. The van der Waals surface area contributed by atoms with Crippen LogP contribution >= 0.6 is 47.0 Å². The van der Waals surface area contributed by atoms with Crippen LogP contribution < -0.4 is 31.2 Å². The molecule has 14 nitrogen and oxygen atoms in total. The van der Waals surface area contributed by atoms with E-state index < -0.39 is 11.1 Å². The summed E-state index contributed by atoms with van der Waals surface area (Å²) in [5.41, 5.74) is 9.76. The molecule has 6 aliphatic rings. The summed E-state index contributed by atoms with van der Waals surface area (Å²) < 4.78 is 27.6. The van der Waals surface area contributed by atoms with Crippen LogP contribution in [-0.2, 0) is 11.1 Å². The molecule has 0 aromatic carbocycles. The third kappa shape index (κ3) is 15.3. The van der Waals surface area contributed by atoms with E-state index in [0.717, 1.165) is 108 Å². The third-order valence-corrected chi connectivity index (χ3v) is 12.9. The molecule has 2 atom stereocenters. The van der Waals surface area contributed by atoms with E-state index in [0.29, 0.717) is 50.5 Å². The van der Waals surface area contributed by atoms with Gasteiger partial charge in [-0.1, -0.05) is 47.3 Å². The van der Waals surface area contributed by atoms with E-state index in [4.69, 9.17) is 54.5 Å². The van der Waals surface area contributed by atoms with Crippen molar-refractivity contribution in [3.8, 4) is 17.6 Å². The minimum absolute atomic E-state index is 0. The Morgan fingerprint density at radius 2 is 1.06 bits per heavy atom. The number of hydrogen-bond acceptors (Lipinski definition) is 13. The molecule has 0 radical (unpaired) electrons. The molecule has 0 saturated heterocycles. The van der Waals surface area contributed by atoms with Gasteiger partial charge >= 0.3 is 23.1 Å². The van der Waals surface area contributed by atoms with Crippen molar-refractivity contribution in [3.05, 3.63) is 104 Å². The number of aliphatic hydroxyl groups is 1. The van der Waals surface area contributed by atoms with Gasteiger partial charge in [-0.25, -0.2) is 42.7 Å². The smallest absolute Gasteiger partial charge is 1.00 e. The van der Waals surface area contributed by atoms with E-state index in [1.807, 2.05) is 13.8 Å². The van der Waals surface area contributed by atoms with Crippen molar-refractivity contribution in [1.29, 1.82) is 0 Å². The average Bonchev–Trinajstić information content (AvgIpc) is 4.10. The Kier molecular flexibility index (Phi) is 21.0. The Hall–Kier alpha value is -3.58. The van der Waals surface area contributed by atoms with Crippen LogP contribution in [0.5, 0.6) is 17.6 Å². The van der Waals surface area contributed by atoms with Gasteiger partial charge in [0.25, 0.3) is 0 Å². The maximum absolute atomic E-state index is 11.6.